The predicted octanol–water partition coefficient (Wildman–Crippen LogP) is 2.01. The molecular weight excluding hydrogens is 212 g/mol. The van der Waals surface area contributed by atoms with Crippen LogP contribution in [0.5, 0.6) is 0 Å². The number of aliphatic hydroxyl groups excluding tert-OH is 1. The van der Waals surface area contributed by atoms with E-state index in [0.29, 0.717) is 6.42 Å². The van der Waals surface area contributed by atoms with Gasteiger partial charge in [-0.15, -0.1) is 0 Å². The van der Waals surface area contributed by atoms with Crippen molar-refractivity contribution >= 4 is 0 Å². The molecule has 1 N–H and O–H groups in total. The number of pyridine rings is 2. The highest BCUT2D eigenvalue weighted by Crippen LogP contribution is 2.07. The summed E-state index contributed by atoms with van der Waals surface area (Å²) in [6.45, 7) is 0. The molecule has 3 nitrogen and oxygen atoms in total. The molecule has 0 aromatic carbocycles. The van der Waals surface area contributed by atoms with Gasteiger partial charge in [-0.3, -0.25) is 9.97 Å². The molecule has 2 aromatic heterocycles. The molecule has 0 aliphatic heterocycles. The molecule has 0 radical (unpaired) electrons. The van der Waals surface area contributed by atoms with Gasteiger partial charge in [-0.05, 0) is 43.0 Å². The van der Waals surface area contributed by atoms with Gasteiger partial charge in [0.15, 0.2) is 0 Å². The van der Waals surface area contributed by atoms with Crippen LogP contribution in [-0.2, 0) is 12.8 Å². The Morgan fingerprint density at radius 1 is 1.12 bits per heavy atom. The molecule has 0 saturated heterocycles. The van der Waals surface area contributed by atoms with Gasteiger partial charge in [0.2, 0.25) is 0 Å². The van der Waals surface area contributed by atoms with E-state index < -0.39 is 0 Å². The molecule has 17 heavy (non-hydrogen) atoms. The summed E-state index contributed by atoms with van der Waals surface area (Å²) in [4.78, 5) is 8.27. The van der Waals surface area contributed by atoms with Crippen molar-refractivity contribution < 1.29 is 5.11 Å². The van der Waals surface area contributed by atoms with Crippen LogP contribution in [0.15, 0.2) is 48.9 Å². The number of aromatic nitrogens is 2. The number of aryl methyl sites for hydroxylation is 1. The summed E-state index contributed by atoms with van der Waals surface area (Å²) in [7, 11) is 0. The Kier molecular flexibility index (Phi) is 4.22. The lowest BCUT2D eigenvalue weighted by molar-refractivity contribution is 0.164. The van der Waals surface area contributed by atoms with Crippen LogP contribution in [0, 0.1) is 0 Å². The van der Waals surface area contributed by atoms with Crippen LogP contribution in [0.2, 0.25) is 0 Å². The normalized spacial score (nSPS) is 12.3. The second kappa shape index (κ2) is 6.11. The molecule has 0 spiro atoms. The highest BCUT2D eigenvalue weighted by atomic mass is 16.3. The number of hydrogen-bond acceptors (Lipinski definition) is 3. The smallest absolute Gasteiger partial charge is 0.0584 e. The summed E-state index contributed by atoms with van der Waals surface area (Å²) < 4.78 is 0. The SMILES string of the molecule is OC(CCc1ccccn1)Cc1cccnc1. The van der Waals surface area contributed by atoms with Crippen LogP contribution in [0.25, 0.3) is 0 Å². The van der Waals surface area contributed by atoms with Gasteiger partial charge in [-0.25, -0.2) is 0 Å². The van der Waals surface area contributed by atoms with Crippen molar-refractivity contribution in [3.05, 3.63) is 60.2 Å². The van der Waals surface area contributed by atoms with Gasteiger partial charge in [-0.1, -0.05) is 12.1 Å². The van der Waals surface area contributed by atoms with Gasteiger partial charge >= 0.3 is 0 Å². The third-order valence-electron chi connectivity index (χ3n) is 2.65. The summed E-state index contributed by atoms with van der Waals surface area (Å²) in [5.74, 6) is 0. The van der Waals surface area contributed by atoms with Gasteiger partial charge < -0.3 is 5.11 Å². The van der Waals surface area contributed by atoms with Crippen LogP contribution < -0.4 is 0 Å². The van der Waals surface area contributed by atoms with Crippen LogP contribution in [-0.4, -0.2) is 21.2 Å². The zero-order chi connectivity index (χ0) is 11.9. The van der Waals surface area contributed by atoms with E-state index >= 15 is 0 Å². The van der Waals surface area contributed by atoms with Crippen LogP contribution in [0.1, 0.15) is 17.7 Å². The molecule has 2 rings (SSSR count). The van der Waals surface area contributed by atoms with Crippen molar-refractivity contribution in [3.8, 4) is 0 Å². The number of nitrogens with zero attached hydrogens (tertiary/aromatic N) is 2. The van der Waals surface area contributed by atoms with Crippen molar-refractivity contribution in [1.82, 2.24) is 9.97 Å². The van der Waals surface area contributed by atoms with E-state index in [2.05, 4.69) is 9.97 Å². The number of hydrogen-bond donors (Lipinski definition) is 1. The van der Waals surface area contributed by atoms with E-state index in [-0.39, 0.29) is 6.10 Å². The second-order valence-corrected chi connectivity index (χ2v) is 4.08. The van der Waals surface area contributed by atoms with Gasteiger partial charge in [0, 0.05) is 24.3 Å². The molecule has 0 bridgehead atoms. The highest BCUT2D eigenvalue weighted by Gasteiger charge is 2.06. The first kappa shape index (κ1) is 11.7. The summed E-state index contributed by atoms with van der Waals surface area (Å²) in [5.41, 5.74) is 2.10. The van der Waals surface area contributed by atoms with Crippen molar-refractivity contribution in [2.75, 3.05) is 0 Å². The zero-order valence-corrected chi connectivity index (χ0v) is 9.66. The topological polar surface area (TPSA) is 46.0 Å². The lowest BCUT2D eigenvalue weighted by Crippen LogP contribution is -2.12. The first-order valence-corrected chi connectivity index (χ1v) is 5.81. The van der Waals surface area contributed by atoms with Crippen molar-refractivity contribution in [2.24, 2.45) is 0 Å². The van der Waals surface area contributed by atoms with E-state index in [4.69, 9.17) is 0 Å². The van der Waals surface area contributed by atoms with E-state index in [0.717, 1.165) is 24.1 Å². The van der Waals surface area contributed by atoms with Crippen molar-refractivity contribution in [1.29, 1.82) is 0 Å². The molecular formula is C14H16N2O. The summed E-state index contributed by atoms with van der Waals surface area (Å²) >= 11 is 0. The molecule has 1 unspecified atom stereocenters. The third-order valence-corrected chi connectivity index (χ3v) is 2.65. The maximum absolute atomic E-state index is 9.91. The Hall–Kier alpha value is -1.74. The Labute approximate surface area is 101 Å². The first-order chi connectivity index (χ1) is 8.34. The molecule has 0 aliphatic carbocycles. The van der Waals surface area contributed by atoms with E-state index in [1.165, 1.54) is 0 Å². The molecule has 1 atom stereocenters. The zero-order valence-electron chi connectivity index (χ0n) is 9.66. The fourth-order valence-electron chi connectivity index (χ4n) is 1.75. The molecule has 0 fully saturated rings. The van der Waals surface area contributed by atoms with E-state index in [1.807, 2.05) is 30.3 Å². The second-order valence-electron chi connectivity index (χ2n) is 4.08. The van der Waals surface area contributed by atoms with Crippen molar-refractivity contribution in [2.45, 2.75) is 25.4 Å². The first-order valence-electron chi connectivity index (χ1n) is 5.81. The minimum atomic E-state index is -0.332. The Balaban J connectivity index is 1.80. The quantitative estimate of drug-likeness (QED) is 0.851. The number of aliphatic hydroxyl groups is 1. The predicted molar refractivity (Wildman–Crippen MR) is 66.5 cm³/mol. The summed E-state index contributed by atoms with van der Waals surface area (Å²) in [5, 5.41) is 9.91. The molecule has 2 aromatic rings. The molecule has 88 valence electrons. The third kappa shape index (κ3) is 3.96. The van der Waals surface area contributed by atoms with Crippen LogP contribution in [0.4, 0.5) is 0 Å². The van der Waals surface area contributed by atoms with Gasteiger partial charge in [0.1, 0.15) is 0 Å². The molecule has 2 heterocycles. The largest absolute Gasteiger partial charge is 0.393 e. The van der Waals surface area contributed by atoms with E-state index in [9.17, 15) is 5.11 Å². The Morgan fingerprint density at radius 3 is 2.76 bits per heavy atom. The Morgan fingerprint density at radius 2 is 2.06 bits per heavy atom. The van der Waals surface area contributed by atoms with E-state index in [1.54, 1.807) is 18.6 Å². The fraction of sp³-hybridized carbons (Fsp3) is 0.286. The van der Waals surface area contributed by atoms with Crippen LogP contribution >= 0.6 is 0 Å². The van der Waals surface area contributed by atoms with Crippen LogP contribution in [0.3, 0.4) is 0 Å². The fourth-order valence-corrected chi connectivity index (χ4v) is 1.75. The average Bonchev–Trinajstić information content (AvgIpc) is 2.39. The minimum absolute atomic E-state index is 0.332. The lowest BCUT2D eigenvalue weighted by Gasteiger charge is -2.09. The van der Waals surface area contributed by atoms with Gasteiger partial charge in [0.05, 0.1) is 6.10 Å². The van der Waals surface area contributed by atoms with Gasteiger partial charge in [-0.2, -0.15) is 0 Å². The number of rotatable bonds is 5. The summed E-state index contributed by atoms with van der Waals surface area (Å²) in [6, 6.07) is 9.72. The molecule has 0 amide bonds. The standard InChI is InChI=1S/C14H16N2O/c17-14(10-12-4-3-8-15-11-12)7-6-13-5-1-2-9-16-13/h1-5,8-9,11,14,17H,6-7,10H2. The molecule has 3 heteroatoms. The highest BCUT2D eigenvalue weighted by molar-refractivity contribution is 5.10. The molecule has 0 saturated carbocycles. The maximum atomic E-state index is 9.91. The minimum Gasteiger partial charge on any atom is -0.393 e. The lowest BCUT2D eigenvalue weighted by atomic mass is 10.0. The van der Waals surface area contributed by atoms with Crippen molar-refractivity contribution in [3.63, 3.8) is 0 Å². The van der Waals surface area contributed by atoms with Gasteiger partial charge in [0.25, 0.3) is 0 Å². The summed E-state index contributed by atoms with van der Waals surface area (Å²) in [6.07, 6.45) is 7.17. The molecule has 0 aliphatic rings. The average molecular weight is 228 g/mol. The Bertz CT molecular complexity index is 430. The maximum Gasteiger partial charge on any atom is 0.0584 e. The monoisotopic (exact) mass is 228 g/mol.